The van der Waals surface area contributed by atoms with Crippen molar-refractivity contribution in [1.82, 2.24) is 38.5 Å². The summed E-state index contributed by atoms with van der Waals surface area (Å²) in [5.41, 5.74) is 6.36. The first-order valence-corrected chi connectivity index (χ1v) is 20.7. The Labute approximate surface area is 351 Å². The van der Waals surface area contributed by atoms with E-state index in [1.54, 1.807) is 68.8 Å². The SMILES string of the molecule is Cc1nc(Nc2cccc(F)c2)nc2c1n(-c1ccc(C(=O)N3CCc4c(n(Cc5ccc(Cl)cc5F)c5ncccc45)C3)cc1)c(=O)n2C1CCN(CC(C)(C)C)CC1. The number of hydrogen-bond donors (Lipinski definition) is 1. The van der Waals surface area contributed by atoms with Gasteiger partial charge in [-0.15, -0.1) is 0 Å². The van der Waals surface area contributed by atoms with E-state index >= 15 is 4.39 Å². The number of carbonyl (C=O) groups excluding carboxylic acids is 1. The van der Waals surface area contributed by atoms with Crippen molar-refractivity contribution in [2.45, 2.75) is 66.1 Å². The van der Waals surface area contributed by atoms with Gasteiger partial charge >= 0.3 is 5.69 Å². The lowest BCUT2D eigenvalue weighted by molar-refractivity contribution is 0.0730. The van der Waals surface area contributed by atoms with Gasteiger partial charge in [-0.1, -0.05) is 44.5 Å². The fraction of sp³-hybridized carbons (Fsp3) is 0.326. The summed E-state index contributed by atoms with van der Waals surface area (Å²) in [5, 5.41) is 4.45. The molecule has 9 rings (SSSR count). The molecule has 7 aromatic rings. The fourth-order valence-electron chi connectivity index (χ4n) is 8.96. The number of halogens is 3. The third-order valence-corrected chi connectivity index (χ3v) is 11.8. The van der Waals surface area contributed by atoms with Crippen LogP contribution in [0.2, 0.25) is 5.02 Å². The molecular formula is C46H46ClF2N9O2. The number of fused-ring (bicyclic) bond motifs is 4. The minimum absolute atomic E-state index is 0.0967. The van der Waals surface area contributed by atoms with Gasteiger partial charge in [0, 0.05) is 71.3 Å². The third-order valence-electron chi connectivity index (χ3n) is 11.6. The zero-order valence-corrected chi connectivity index (χ0v) is 34.8. The second kappa shape index (κ2) is 15.6. The summed E-state index contributed by atoms with van der Waals surface area (Å²) >= 11 is 6.05. The topological polar surface area (TPSA) is 106 Å². The standard InChI is InChI=1S/C46H46ClF2N9O2/c1-28-40-42(53-44(51-28)52-33-8-5-7-32(48)24-33)58(35-16-20-54(21-17-35)27-46(2,3)4)45(60)57(40)34-14-11-29(12-15-34)43(59)55-22-18-36-37-9-6-19-50-41(37)56(39(36)26-55)25-30-10-13-31(47)23-38(30)49/h5-15,19,23-24,35H,16-18,20-22,25-27H2,1-4H3,(H,51,52,53). The Morgan fingerprint density at radius 2 is 1.72 bits per heavy atom. The van der Waals surface area contributed by atoms with Crippen molar-refractivity contribution in [2.24, 2.45) is 5.41 Å². The first kappa shape index (κ1) is 39.5. The molecule has 60 heavy (non-hydrogen) atoms. The highest BCUT2D eigenvalue weighted by Gasteiger charge is 2.31. The molecule has 0 aliphatic carbocycles. The van der Waals surface area contributed by atoms with Crippen LogP contribution >= 0.6 is 11.6 Å². The van der Waals surface area contributed by atoms with Gasteiger partial charge in [0.1, 0.15) is 22.8 Å². The second-order valence-corrected chi connectivity index (χ2v) is 17.6. The molecule has 0 saturated carbocycles. The Hall–Kier alpha value is -5.92. The molecule has 4 aromatic heterocycles. The van der Waals surface area contributed by atoms with Crippen LogP contribution in [0.25, 0.3) is 27.9 Å². The number of amides is 1. The first-order valence-electron chi connectivity index (χ1n) is 20.4. The normalized spacial score (nSPS) is 15.2. The van der Waals surface area contributed by atoms with Crippen LogP contribution in [0.15, 0.2) is 89.9 Å². The van der Waals surface area contributed by atoms with Crippen molar-refractivity contribution in [3.05, 3.63) is 140 Å². The maximum absolute atomic E-state index is 15.0. The molecule has 0 bridgehead atoms. The molecule has 1 N–H and O–H groups in total. The van der Waals surface area contributed by atoms with Gasteiger partial charge in [0.25, 0.3) is 5.91 Å². The average molecular weight is 830 g/mol. The Morgan fingerprint density at radius 3 is 2.45 bits per heavy atom. The maximum Gasteiger partial charge on any atom is 0.335 e. The van der Waals surface area contributed by atoms with E-state index in [1.165, 1.54) is 18.2 Å². The van der Waals surface area contributed by atoms with Crippen LogP contribution in [0.1, 0.15) is 72.5 Å². The van der Waals surface area contributed by atoms with Crippen LogP contribution in [0.4, 0.5) is 20.4 Å². The highest BCUT2D eigenvalue weighted by atomic mass is 35.5. The molecule has 0 atom stereocenters. The Balaban J connectivity index is 1.03. The lowest BCUT2D eigenvalue weighted by atomic mass is 9.94. The van der Waals surface area contributed by atoms with E-state index < -0.39 is 5.82 Å². The summed E-state index contributed by atoms with van der Waals surface area (Å²) in [6.45, 7) is 12.3. The predicted molar refractivity (Wildman–Crippen MR) is 230 cm³/mol. The lowest BCUT2D eigenvalue weighted by Crippen LogP contribution is -2.41. The number of benzene rings is 3. The van der Waals surface area contributed by atoms with Crippen molar-refractivity contribution >= 4 is 51.3 Å². The lowest BCUT2D eigenvalue weighted by Gasteiger charge is -2.36. The summed E-state index contributed by atoms with van der Waals surface area (Å²) < 4.78 is 34.6. The Morgan fingerprint density at radius 1 is 0.933 bits per heavy atom. The molecule has 0 unspecified atom stereocenters. The molecule has 6 heterocycles. The zero-order valence-electron chi connectivity index (χ0n) is 34.1. The molecule has 308 valence electrons. The molecule has 3 aromatic carbocycles. The number of carbonyl (C=O) groups is 1. The van der Waals surface area contributed by atoms with Gasteiger partial charge in [0.05, 0.1) is 24.5 Å². The van der Waals surface area contributed by atoms with Crippen molar-refractivity contribution < 1.29 is 13.6 Å². The Kier molecular flexibility index (Phi) is 10.3. The van der Waals surface area contributed by atoms with E-state index in [0.29, 0.717) is 63.9 Å². The third kappa shape index (κ3) is 7.56. The first-order chi connectivity index (χ1) is 28.8. The van der Waals surface area contributed by atoms with Gasteiger partial charge in [0.2, 0.25) is 5.95 Å². The summed E-state index contributed by atoms with van der Waals surface area (Å²) in [7, 11) is 0. The van der Waals surface area contributed by atoms with Crippen LogP contribution < -0.4 is 11.0 Å². The number of aryl methyl sites for hydroxylation is 1. The molecule has 1 fully saturated rings. The highest BCUT2D eigenvalue weighted by Crippen LogP contribution is 2.33. The number of pyridine rings is 1. The van der Waals surface area contributed by atoms with E-state index in [2.05, 4.69) is 36.0 Å². The zero-order chi connectivity index (χ0) is 41.9. The number of nitrogens with one attached hydrogen (secondary N) is 1. The van der Waals surface area contributed by atoms with Gasteiger partial charge in [0.15, 0.2) is 5.65 Å². The Bertz CT molecular complexity index is 2830. The van der Waals surface area contributed by atoms with E-state index in [0.717, 1.165) is 54.8 Å². The largest absolute Gasteiger partial charge is 0.335 e. The summed E-state index contributed by atoms with van der Waals surface area (Å²) in [5.74, 6) is -0.676. The number of hydrogen-bond acceptors (Lipinski definition) is 7. The van der Waals surface area contributed by atoms with E-state index in [-0.39, 0.29) is 41.4 Å². The predicted octanol–water partition coefficient (Wildman–Crippen LogP) is 8.85. The van der Waals surface area contributed by atoms with Crippen molar-refractivity contribution in [2.75, 3.05) is 31.5 Å². The van der Waals surface area contributed by atoms with Crippen molar-refractivity contribution in [1.29, 1.82) is 0 Å². The second-order valence-electron chi connectivity index (χ2n) is 17.1. The maximum atomic E-state index is 15.0. The van der Waals surface area contributed by atoms with E-state index in [4.69, 9.17) is 21.6 Å². The fourth-order valence-corrected chi connectivity index (χ4v) is 9.12. The molecule has 0 spiro atoms. The van der Waals surface area contributed by atoms with E-state index in [9.17, 15) is 14.0 Å². The van der Waals surface area contributed by atoms with Gasteiger partial charge in [-0.3, -0.25) is 13.9 Å². The van der Waals surface area contributed by atoms with Gasteiger partial charge in [-0.25, -0.2) is 23.5 Å². The quantitative estimate of drug-likeness (QED) is 0.163. The number of nitrogens with zero attached hydrogens (tertiary/aromatic N) is 8. The molecule has 1 amide bonds. The number of imidazole rings is 1. The molecule has 11 nitrogen and oxygen atoms in total. The molecule has 1 saturated heterocycles. The molecule has 2 aliphatic rings. The van der Waals surface area contributed by atoms with Crippen LogP contribution in [0, 0.1) is 24.0 Å². The van der Waals surface area contributed by atoms with Crippen LogP contribution in [0.5, 0.6) is 0 Å². The molecule has 14 heteroatoms. The number of rotatable bonds is 8. The number of likely N-dealkylation sites (tertiary alicyclic amines) is 1. The van der Waals surface area contributed by atoms with Gasteiger partial charge in [-0.05, 0) is 104 Å². The molecule has 2 aliphatic heterocycles. The summed E-state index contributed by atoms with van der Waals surface area (Å²) in [6, 6.07) is 21.7. The smallest absolute Gasteiger partial charge is 0.332 e. The van der Waals surface area contributed by atoms with E-state index in [1.807, 2.05) is 23.6 Å². The van der Waals surface area contributed by atoms with Crippen molar-refractivity contribution in [3.63, 3.8) is 0 Å². The minimum Gasteiger partial charge on any atom is -0.332 e. The summed E-state index contributed by atoms with van der Waals surface area (Å²) in [6.07, 6.45) is 3.90. The number of anilines is 2. The molecule has 0 radical (unpaired) electrons. The van der Waals surface area contributed by atoms with Crippen LogP contribution in [-0.4, -0.2) is 70.5 Å². The monoisotopic (exact) mass is 829 g/mol. The van der Waals surface area contributed by atoms with Crippen LogP contribution in [-0.2, 0) is 19.5 Å². The van der Waals surface area contributed by atoms with Crippen LogP contribution in [0.3, 0.4) is 0 Å². The highest BCUT2D eigenvalue weighted by molar-refractivity contribution is 6.30. The molecular weight excluding hydrogens is 784 g/mol. The number of aromatic nitrogens is 6. The minimum atomic E-state index is -0.399. The average Bonchev–Trinajstić information content (AvgIpc) is 3.69. The van der Waals surface area contributed by atoms with Gasteiger partial charge in [-0.2, -0.15) is 4.98 Å². The summed E-state index contributed by atoms with van der Waals surface area (Å²) in [4.78, 5) is 47.4. The number of piperidine rings is 1. The van der Waals surface area contributed by atoms with Crippen molar-refractivity contribution in [3.8, 4) is 5.69 Å². The van der Waals surface area contributed by atoms with Gasteiger partial charge < -0.3 is 19.7 Å².